The molecule has 0 aliphatic heterocycles. The van der Waals surface area contributed by atoms with Crippen LogP contribution in [0.1, 0.15) is 5.56 Å². The first-order valence-electron chi connectivity index (χ1n) is 5.94. The van der Waals surface area contributed by atoms with Crippen molar-refractivity contribution >= 4 is 17.4 Å². The van der Waals surface area contributed by atoms with Gasteiger partial charge >= 0.3 is 6.03 Å². The number of aromatic hydroxyl groups is 1. The molecule has 0 bridgehead atoms. The molecule has 0 saturated carbocycles. The maximum atomic E-state index is 12.1. The summed E-state index contributed by atoms with van der Waals surface area (Å²) in [5.74, 6) is 0.0913. The van der Waals surface area contributed by atoms with Crippen molar-refractivity contribution in [3.8, 4) is 11.8 Å². The summed E-state index contributed by atoms with van der Waals surface area (Å²) in [6, 6.07) is 14.7. The Morgan fingerprint density at radius 1 is 1.25 bits per heavy atom. The number of anilines is 2. The summed E-state index contributed by atoms with van der Waals surface area (Å²) >= 11 is 0. The fourth-order valence-electron chi connectivity index (χ4n) is 1.69. The van der Waals surface area contributed by atoms with Crippen LogP contribution in [0.5, 0.6) is 5.75 Å². The number of phenols is 1. The Morgan fingerprint density at radius 2 is 2.00 bits per heavy atom. The van der Waals surface area contributed by atoms with Crippen LogP contribution in [0, 0.1) is 11.3 Å². The van der Waals surface area contributed by atoms with E-state index in [2.05, 4.69) is 5.32 Å². The third-order valence-corrected chi connectivity index (χ3v) is 2.76. The van der Waals surface area contributed by atoms with Crippen LogP contribution in [0.4, 0.5) is 16.2 Å². The molecule has 20 heavy (non-hydrogen) atoms. The summed E-state index contributed by atoms with van der Waals surface area (Å²) < 4.78 is 0. The largest absolute Gasteiger partial charge is 0.508 e. The number of nitriles is 1. The number of benzene rings is 2. The van der Waals surface area contributed by atoms with Crippen molar-refractivity contribution in [1.29, 1.82) is 5.26 Å². The Kier molecular flexibility index (Phi) is 3.87. The Labute approximate surface area is 116 Å². The highest BCUT2D eigenvalue weighted by molar-refractivity contribution is 6.01. The van der Waals surface area contributed by atoms with Crippen LogP contribution in [0.25, 0.3) is 0 Å². The number of carbonyl (C=O) groups excluding carboxylic acids is 1. The second-order valence-electron chi connectivity index (χ2n) is 4.20. The molecule has 0 aromatic heterocycles. The highest BCUT2D eigenvalue weighted by Gasteiger charge is 2.11. The van der Waals surface area contributed by atoms with Crippen LogP contribution in [0.2, 0.25) is 0 Å². The molecule has 0 heterocycles. The number of nitrogens with zero attached hydrogens (tertiary/aromatic N) is 2. The van der Waals surface area contributed by atoms with Crippen LogP contribution in [-0.2, 0) is 0 Å². The van der Waals surface area contributed by atoms with E-state index in [1.165, 1.54) is 17.0 Å². The van der Waals surface area contributed by atoms with Crippen molar-refractivity contribution < 1.29 is 9.90 Å². The van der Waals surface area contributed by atoms with Crippen molar-refractivity contribution in [2.45, 2.75) is 0 Å². The van der Waals surface area contributed by atoms with Crippen molar-refractivity contribution in [2.75, 3.05) is 17.3 Å². The summed E-state index contributed by atoms with van der Waals surface area (Å²) in [4.78, 5) is 13.4. The predicted octanol–water partition coefficient (Wildman–Crippen LogP) is 2.93. The van der Waals surface area contributed by atoms with Crippen molar-refractivity contribution in [3.05, 3.63) is 54.1 Å². The van der Waals surface area contributed by atoms with Gasteiger partial charge in [0.25, 0.3) is 0 Å². The average Bonchev–Trinajstić information content (AvgIpc) is 2.46. The Morgan fingerprint density at radius 3 is 2.70 bits per heavy atom. The van der Waals surface area contributed by atoms with E-state index in [0.29, 0.717) is 16.9 Å². The molecule has 100 valence electrons. The summed E-state index contributed by atoms with van der Waals surface area (Å²) in [7, 11) is 1.60. The zero-order chi connectivity index (χ0) is 14.5. The fourth-order valence-corrected chi connectivity index (χ4v) is 1.69. The minimum Gasteiger partial charge on any atom is -0.508 e. The van der Waals surface area contributed by atoms with Crippen LogP contribution >= 0.6 is 0 Å². The second kappa shape index (κ2) is 5.76. The maximum Gasteiger partial charge on any atom is 0.326 e. The van der Waals surface area contributed by atoms with Gasteiger partial charge in [-0.3, -0.25) is 4.90 Å². The highest BCUT2D eigenvalue weighted by atomic mass is 16.3. The molecule has 0 fully saturated rings. The first-order valence-corrected chi connectivity index (χ1v) is 5.94. The van der Waals surface area contributed by atoms with E-state index >= 15 is 0 Å². The summed E-state index contributed by atoms with van der Waals surface area (Å²) in [6.07, 6.45) is 0. The number of hydrogen-bond acceptors (Lipinski definition) is 3. The standard InChI is InChI=1S/C15H13N3O2/c1-18(13-6-3-7-14(19)9-13)15(20)17-12-5-2-4-11(8-12)10-16/h2-9,19H,1H3,(H,17,20). The van der Waals surface area contributed by atoms with Crippen molar-refractivity contribution in [1.82, 2.24) is 0 Å². The molecule has 0 saturated heterocycles. The third-order valence-electron chi connectivity index (χ3n) is 2.76. The number of nitrogens with one attached hydrogen (secondary N) is 1. The van der Waals surface area contributed by atoms with E-state index in [1.807, 2.05) is 6.07 Å². The van der Waals surface area contributed by atoms with Crippen molar-refractivity contribution in [2.24, 2.45) is 0 Å². The number of phenolic OH excluding ortho intramolecular Hbond substituents is 1. The minimum absolute atomic E-state index is 0.0913. The molecular weight excluding hydrogens is 254 g/mol. The lowest BCUT2D eigenvalue weighted by Crippen LogP contribution is -2.31. The Hall–Kier alpha value is -3.00. The zero-order valence-corrected chi connectivity index (χ0v) is 10.9. The molecule has 2 aromatic carbocycles. The second-order valence-corrected chi connectivity index (χ2v) is 4.20. The minimum atomic E-state index is -0.356. The average molecular weight is 267 g/mol. The first kappa shape index (κ1) is 13.4. The maximum absolute atomic E-state index is 12.1. The molecule has 0 spiro atoms. The van der Waals surface area contributed by atoms with E-state index in [-0.39, 0.29) is 11.8 Å². The van der Waals surface area contributed by atoms with Gasteiger partial charge in [0.1, 0.15) is 5.75 Å². The number of carbonyl (C=O) groups is 1. The van der Waals surface area contributed by atoms with Gasteiger partial charge in [0.05, 0.1) is 11.6 Å². The SMILES string of the molecule is CN(C(=O)Nc1cccc(C#N)c1)c1cccc(O)c1. The molecule has 0 radical (unpaired) electrons. The van der Waals surface area contributed by atoms with Gasteiger partial charge < -0.3 is 10.4 Å². The monoisotopic (exact) mass is 267 g/mol. The molecule has 0 atom stereocenters. The van der Waals surface area contributed by atoms with Crippen LogP contribution < -0.4 is 10.2 Å². The first-order chi connectivity index (χ1) is 9.60. The van der Waals surface area contributed by atoms with Gasteiger partial charge in [0, 0.05) is 24.5 Å². The third kappa shape index (κ3) is 3.06. The molecule has 2 rings (SSSR count). The van der Waals surface area contributed by atoms with Gasteiger partial charge in [0.2, 0.25) is 0 Å². The van der Waals surface area contributed by atoms with E-state index in [4.69, 9.17) is 5.26 Å². The molecule has 2 aromatic rings. The Bertz CT molecular complexity index is 677. The normalized spacial score (nSPS) is 9.60. The molecule has 0 aliphatic rings. The number of hydrogen-bond donors (Lipinski definition) is 2. The van der Waals surface area contributed by atoms with Crippen LogP contribution in [-0.4, -0.2) is 18.2 Å². The van der Waals surface area contributed by atoms with E-state index in [1.54, 1.807) is 43.4 Å². The highest BCUT2D eigenvalue weighted by Crippen LogP contribution is 2.20. The summed E-state index contributed by atoms with van der Waals surface area (Å²) in [6.45, 7) is 0. The van der Waals surface area contributed by atoms with E-state index in [9.17, 15) is 9.90 Å². The van der Waals surface area contributed by atoms with Gasteiger partial charge in [-0.25, -0.2) is 4.79 Å². The molecule has 5 heteroatoms. The molecule has 2 N–H and O–H groups in total. The van der Waals surface area contributed by atoms with Gasteiger partial charge in [-0.2, -0.15) is 5.26 Å². The van der Waals surface area contributed by atoms with Gasteiger partial charge in [-0.05, 0) is 30.3 Å². The lowest BCUT2D eigenvalue weighted by Gasteiger charge is -2.18. The topological polar surface area (TPSA) is 76.4 Å². The zero-order valence-electron chi connectivity index (χ0n) is 10.9. The van der Waals surface area contributed by atoms with Crippen LogP contribution in [0.15, 0.2) is 48.5 Å². The van der Waals surface area contributed by atoms with Gasteiger partial charge in [-0.1, -0.05) is 12.1 Å². The van der Waals surface area contributed by atoms with E-state index in [0.717, 1.165) is 0 Å². The Balaban J connectivity index is 2.13. The molecule has 2 amide bonds. The van der Waals surface area contributed by atoms with Gasteiger partial charge in [-0.15, -0.1) is 0 Å². The summed E-state index contributed by atoms with van der Waals surface area (Å²) in [5.41, 5.74) is 1.59. The number of urea groups is 1. The summed E-state index contributed by atoms with van der Waals surface area (Å²) in [5, 5.41) is 20.9. The van der Waals surface area contributed by atoms with Crippen LogP contribution in [0.3, 0.4) is 0 Å². The molecule has 0 unspecified atom stereocenters. The molecular formula is C15H13N3O2. The van der Waals surface area contributed by atoms with Crippen molar-refractivity contribution in [3.63, 3.8) is 0 Å². The van der Waals surface area contributed by atoms with Gasteiger partial charge in [0.15, 0.2) is 0 Å². The fraction of sp³-hybridized carbons (Fsp3) is 0.0667. The van der Waals surface area contributed by atoms with E-state index < -0.39 is 0 Å². The number of amides is 2. The predicted molar refractivity (Wildman–Crippen MR) is 76.7 cm³/mol. The quantitative estimate of drug-likeness (QED) is 0.878. The lowest BCUT2D eigenvalue weighted by molar-refractivity contribution is 0.258. The lowest BCUT2D eigenvalue weighted by atomic mass is 10.2. The smallest absolute Gasteiger partial charge is 0.326 e. The number of rotatable bonds is 2. The molecule has 5 nitrogen and oxygen atoms in total. The molecule has 0 aliphatic carbocycles.